The van der Waals surface area contributed by atoms with Crippen LogP contribution in [0.1, 0.15) is 34.6 Å². The molecule has 3 atom stereocenters. The highest BCUT2D eigenvalue weighted by Crippen LogP contribution is 2.32. The van der Waals surface area contributed by atoms with Gasteiger partial charge in [-0.3, -0.25) is 4.79 Å². The summed E-state index contributed by atoms with van der Waals surface area (Å²) in [4.78, 5) is 14.1. The highest BCUT2D eigenvalue weighted by atomic mass is 79.9. The Labute approximate surface area is 95.2 Å². The van der Waals surface area contributed by atoms with Crippen molar-refractivity contribution in [1.29, 1.82) is 0 Å². The molecule has 1 rings (SSSR count). The minimum Gasteiger partial charge on any atom is -0.338 e. The first-order valence-corrected chi connectivity index (χ1v) is 6.04. The SMILES string of the molecule is CC1CN(C(=O)C(C)(C)Br)C(C)C1C. The molecule has 2 nitrogen and oxygen atoms in total. The van der Waals surface area contributed by atoms with Crippen molar-refractivity contribution in [2.75, 3.05) is 6.54 Å². The molecular formula is C11H20BrNO. The number of likely N-dealkylation sites (tertiary alicyclic amines) is 1. The third-order valence-corrected chi connectivity index (χ3v) is 3.74. The Bertz CT molecular complexity index is 234. The lowest BCUT2D eigenvalue weighted by atomic mass is 9.95. The number of halogens is 1. The van der Waals surface area contributed by atoms with Crippen LogP contribution in [-0.4, -0.2) is 27.7 Å². The van der Waals surface area contributed by atoms with Crippen molar-refractivity contribution in [3.05, 3.63) is 0 Å². The molecule has 1 aliphatic rings. The zero-order valence-corrected chi connectivity index (χ0v) is 11.3. The topological polar surface area (TPSA) is 20.3 Å². The fourth-order valence-electron chi connectivity index (χ4n) is 2.01. The van der Waals surface area contributed by atoms with E-state index in [2.05, 4.69) is 36.7 Å². The molecule has 3 unspecified atom stereocenters. The van der Waals surface area contributed by atoms with Gasteiger partial charge in [-0.1, -0.05) is 29.8 Å². The fourth-order valence-corrected chi connectivity index (χ4v) is 2.24. The van der Waals surface area contributed by atoms with Gasteiger partial charge in [-0.15, -0.1) is 0 Å². The molecule has 0 aliphatic carbocycles. The van der Waals surface area contributed by atoms with Gasteiger partial charge < -0.3 is 4.90 Å². The van der Waals surface area contributed by atoms with E-state index in [-0.39, 0.29) is 5.91 Å². The van der Waals surface area contributed by atoms with Gasteiger partial charge in [-0.05, 0) is 32.6 Å². The first-order valence-electron chi connectivity index (χ1n) is 5.25. The molecule has 0 spiro atoms. The largest absolute Gasteiger partial charge is 0.338 e. The number of nitrogens with zero attached hydrogens (tertiary/aromatic N) is 1. The normalized spacial score (nSPS) is 33.6. The lowest BCUT2D eigenvalue weighted by molar-refractivity contribution is -0.133. The molecule has 0 aromatic carbocycles. The monoisotopic (exact) mass is 261 g/mol. The summed E-state index contributed by atoms with van der Waals surface area (Å²) < 4.78 is -0.426. The molecule has 14 heavy (non-hydrogen) atoms. The van der Waals surface area contributed by atoms with Gasteiger partial charge in [0.2, 0.25) is 5.91 Å². The summed E-state index contributed by atoms with van der Waals surface area (Å²) in [7, 11) is 0. The predicted molar refractivity (Wildman–Crippen MR) is 62.5 cm³/mol. The summed E-state index contributed by atoms with van der Waals surface area (Å²) >= 11 is 3.43. The smallest absolute Gasteiger partial charge is 0.239 e. The summed E-state index contributed by atoms with van der Waals surface area (Å²) in [5.74, 6) is 1.43. The number of carbonyl (C=O) groups is 1. The van der Waals surface area contributed by atoms with Crippen molar-refractivity contribution in [2.24, 2.45) is 11.8 Å². The molecule has 0 aromatic rings. The van der Waals surface area contributed by atoms with Crippen molar-refractivity contribution >= 4 is 21.8 Å². The molecule has 82 valence electrons. The molecule has 1 heterocycles. The van der Waals surface area contributed by atoms with Gasteiger partial charge in [-0.2, -0.15) is 0 Å². The summed E-state index contributed by atoms with van der Waals surface area (Å²) in [5, 5.41) is 0. The second kappa shape index (κ2) is 3.84. The number of carbonyl (C=O) groups excluding carboxylic acids is 1. The maximum atomic E-state index is 12.0. The third kappa shape index (κ3) is 2.13. The van der Waals surface area contributed by atoms with Crippen LogP contribution >= 0.6 is 15.9 Å². The van der Waals surface area contributed by atoms with Crippen LogP contribution < -0.4 is 0 Å². The van der Waals surface area contributed by atoms with Crippen molar-refractivity contribution in [3.63, 3.8) is 0 Å². The van der Waals surface area contributed by atoms with Crippen LogP contribution in [0.3, 0.4) is 0 Å². The van der Waals surface area contributed by atoms with Gasteiger partial charge in [0.25, 0.3) is 0 Å². The first kappa shape index (κ1) is 12.0. The molecule has 0 N–H and O–H groups in total. The average molecular weight is 262 g/mol. The van der Waals surface area contributed by atoms with E-state index >= 15 is 0 Å². The molecule has 3 heteroatoms. The molecule has 1 aliphatic heterocycles. The molecule has 1 fully saturated rings. The van der Waals surface area contributed by atoms with E-state index in [0.29, 0.717) is 17.9 Å². The minimum absolute atomic E-state index is 0.209. The average Bonchev–Trinajstić information content (AvgIpc) is 2.30. The maximum absolute atomic E-state index is 12.0. The van der Waals surface area contributed by atoms with Crippen LogP contribution in [0.2, 0.25) is 0 Å². The Morgan fingerprint density at radius 2 is 1.86 bits per heavy atom. The van der Waals surface area contributed by atoms with Crippen molar-refractivity contribution in [2.45, 2.75) is 45.0 Å². The summed E-state index contributed by atoms with van der Waals surface area (Å²) in [6.07, 6.45) is 0. The predicted octanol–water partition coefficient (Wildman–Crippen LogP) is 2.66. The van der Waals surface area contributed by atoms with Crippen LogP contribution in [0.4, 0.5) is 0 Å². The highest BCUT2D eigenvalue weighted by molar-refractivity contribution is 9.10. The molecular weight excluding hydrogens is 242 g/mol. The Kier molecular flexibility index (Phi) is 3.30. The summed E-state index contributed by atoms with van der Waals surface area (Å²) in [6.45, 7) is 11.3. The molecule has 1 amide bonds. The molecule has 0 aromatic heterocycles. The lowest BCUT2D eigenvalue weighted by Gasteiger charge is -2.29. The standard InChI is InChI=1S/C11H20BrNO/c1-7-6-13(9(3)8(7)2)10(14)11(4,5)12/h7-9H,6H2,1-5H3. The van der Waals surface area contributed by atoms with Crippen LogP contribution in [0.25, 0.3) is 0 Å². The van der Waals surface area contributed by atoms with Gasteiger partial charge in [0.15, 0.2) is 0 Å². The van der Waals surface area contributed by atoms with Crippen molar-refractivity contribution in [1.82, 2.24) is 4.90 Å². The fraction of sp³-hybridized carbons (Fsp3) is 0.909. The zero-order valence-electron chi connectivity index (χ0n) is 9.67. The van der Waals surface area contributed by atoms with E-state index < -0.39 is 4.32 Å². The van der Waals surface area contributed by atoms with Gasteiger partial charge in [0.1, 0.15) is 0 Å². The second-order valence-electron chi connectivity index (χ2n) is 5.01. The number of alkyl halides is 1. The Morgan fingerprint density at radius 3 is 2.14 bits per heavy atom. The van der Waals surface area contributed by atoms with E-state index in [4.69, 9.17) is 0 Å². The third-order valence-electron chi connectivity index (χ3n) is 3.40. The number of amides is 1. The van der Waals surface area contributed by atoms with Crippen molar-refractivity contribution < 1.29 is 4.79 Å². The zero-order chi connectivity index (χ0) is 11.1. The quantitative estimate of drug-likeness (QED) is 0.665. The first-order chi connectivity index (χ1) is 6.25. The number of rotatable bonds is 1. The molecule has 1 saturated heterocycles. The Morgan fingerprint density at radius 1 is 1.36 bits per heavy atom. The van der Waals surface area contributed by atoms with Gasteiger partial charge in [0.05, 0.1) is 4.32 Å². The lowest BCUT2D eigenvalue weighted by Crippen LogP contribution is -2.44. The van der Waals surface area contributed by atoms with E-state index in [1.165, 1.54) is 0 Å². The van der Waals surface area contributed by atoms with Gasteiger partial charge >= 0.3 is 0 Å². The van der Waals surface area contributed by atoms with Gasteiger partial charge in [-0.25, -0.2) is 0 Å². The molecule has 0 saturated carbocycles. The maximum Gasteiger partial charge on any atom is 0.239 e. The van der Waals surface area contributed by atoms with Crippen LogP contribution in [0.5, 0.6) is 0 Å². The minimum atomic E-state index is -0.426. The summed E-state index contributed by atoms with van der Waals surface area (Å²) in [5.41, 5.74) is 0. The van der Waals surface area contributed by atoms with Crippen LogP contribution in [-0.2, 0) is 4.79 Å². The van der Waals surface area contributed by atoms with E-state index in [9.17, 15) is 4.79 Å². The second-order valence-corrected chi connectivity index (χ2v) is 6.99. The van der Waals surface area contributed by atoms with Crippen LogP contribution in [0, 0.1) is 11.8 Å². The number of hydrogen-bond acceptors (Lipinski definition) is 1. The van der Waals surface area contributed by atoms with E-state index in [1.54, 1.807) is 0 Å². The van der Waals surface area contributed by atoms with E-state index in [0.717, 1.165) is 6.54 Å². The Balaban J connectivity index is 2.77. The Hall–Kier alpha value is -0.0500. The van der Waals surface area contributed by atoms with E-state index in [1.807, 2.05) is 18.7 Å². The van der Waals surface area contributed by atoms with Gasteiger partial charge in [0, 0.05) is 12.6 Å². The molecule has 0 radical (unpaired) electrons. The highest BCUT2D eigenvalue weighted by Gasteiger charge is 2.40. The van der Waals surface area contributed by atoms with Crippen LogP contribution in [0.15, 0.2) is 0 Å². The number of hydrogen-bond donors (Lipinski definition) is 0. The molecule has 0 bridgehead atoms. The summed E-state index contributed by atoms with van der Waals surface area (Å²) in [6, 6.07) is 0.370. The van der Waals surface area contributed by atoms with Crippen molar-refractivity contribution in [3.8, 4) is 0 Å².